The molecule has 1 aromatic rings. The van der Waals surface area contributed by atoms with Crippen LogP contribution in [0.15, 0.2) is 30.3 Å². The SMILES string of the molecule is CCC1CC(NCC(C)C)CN(c2ccccc2)C1. The quantitative estimate of drug-likeness (QED) is 0.871. The topological polar surface area (TPSA) is 15.3 Å². The Labute approximate surface area is 118 Å². The number of piperidine rings is 1. The van der Waals surface area contributed by atoms with Crippen molar-refractivity contribution in [3.63, 3.8) is 0 Å². The Kier molecular flexibility index (Phi) is 5.26. The van der Waals surface area contributed by atoms with Crippen molar-refractivity contribution < 1.29 is 0 Å². The van der Waals surface area contributed by atoms with Gasteiger partial charge in [0.1, 0.15) is 0 Å². The first-order valence-corrected chi connectivity index (χ1v) is 7.72. The van der Waals surface area contributed by atoms with Crippen molar-refractivity contribution >= 4 is 5.69 Å². The summed E-state index contributed by atoms with van der Waals surface area (Å²) >= 11 is 0. The van der Waals surface area contributed by atoms with Crippen LogP contribution in [-0.2, 0) is 0 Å². The number of hydrogen-bond donors (Lipinski definition) is 1. The van der Waals surface area contributed by atoms with Gasteiger partial charge in [-0.2, -0.15) is 0 Å². The van der Waals surface area contributed by atoms with Crippen LogP contribution in [0.5, 0.6) is 0 Å². The minimum Gasteiger partial charge on any atom is -0.370 e. The minimum atomic E-state index is 0.640. The third-order valence-corrected chi connectivity index (χ3v) is 4.05. The van der Waals surface area contributed by atoms with Crippen molar-refractivity contribution in [2.45, 2.75) is 39.7 Å². The van der Waals surface area contributed by atoms with Gasteiger partial charge in [0.25, 0.3) is 0 Å². The fourth-order valence-electron chi connectivity index (χ4n) is 2.90. The van der Waals surface area contributed by atoms with E-state index in [-0.39, 0.29) is 0 Å². The van der Waals surface area contributed by atoms with Gasteiger partial charge in [0, 0.05) is 24.8 Å². The molecule has 2 rings (SSSR count). The molecule has 1 aliphatic rings. The van der Waals surface area contributed by atoms with E-state index in [4.69, 9.17) is 0 Å². The number of rotatable bonds is 5. The summed E-state index contributed by atoms with van der Waals surface area (Å²) in [6.07, 6.45) is 2.61. The van der Waals surface area contributed by atoms with E-state index in [9.17, 15) is 0 Å². The Bertz CT molecular complexity index is 361. The lowest BCUT2D eigenvalue weighted by molar-refractivity contribution is 0.318. The second-order valence-electron chi connectivity index (χ2n) is 6.25. The van der Waals surface area contributed by atoms with Crippen molar-refractivity contribution in [2.24, 2.45) is 11.8 Å². The lowest BCUT2D eigenvalue weighted by atomic mass is 9.91. The van der Waals surface area contributed by atoms with Crippen molar-refractivity contribution in [1.82, 2.24) is 5.32 Å². The Balaban J connectivity index is 2.00. The number of nitrogens with one attached hydrogen (secondary N) is 1. The van der Waals surface area contributed by atoms with Crippen LogP contribution in [0.1, 0.15) is 33.6 Å². The first-order valence-electron chi connectivity index (χ1n) is 7.72. The highest BCUT2D eigenvalue weighted by atomic mass is 15.2. The zero-order chi connectivity index (χ0) is 13.7. The van der Waals surface area contributed by atoms with Crippen molar-refractivity contribution in [1.29, 1.82) is 0 Å². The molecule has 1 N–H and O–H groups in total. The molecule has 2 atom stereocenters. The van der Waals surface area contributed by atoms with Gasteiger partial charge in [-0.15, -0.1) is 0 Å². The molecule has 1 aliphatic heterocycles. The zero-order valence-corrected chi connectivity index (χ0v) is 12.6. The van der Waals surface area contributed by atoms with E-state index in [0.29, 0.717) is 6.04 Å². The number of para-hydroxylation sites is 1. The molecule has 0 bridgehead atoms. The van der Waals surface area contributed by atoms with Gasteiger partial charge in [0.2, 0.25) is 0 Å². The molecule has 1 saturated heterocycles. The number of benzene rings is 1. The molecule has 2 nitrogen and oxygen atoms in total. The van der Waals surface area contributed by atoms with Gasteiger partial charge >= 0.3 is 0 Å². The summed E-state index contributed by atoms with van der Waals surface area (Å²) in [6, 6.07) is 11.5. The highest BCUT2D eigenvalue weighted by Crippen LogP contribution is 2.25. The number of anilines is 1. The van der Waals surface area contributed by atoms with E-state index in [0.717, 1.165) is 24.9 Å². The summed E-state index contributed by atoms with van der Waals surface area (Å²) in [7, 11) is 0. The molecule has 106 valence electrons. The van der Waals surface area contributed by atoms with Crippen LogP contribution in [-0.4, -0.2) is 25.7 Å². The molecular weight excluding hydrogens is 232 g/mol. The molecule has 0 amide bonds. The van der Waals surface area contributed by atoms with E-state index in [1.807, 2.05) is 0 Å². The molecule has 2 heteroatoms. The largest absolute Gasteiger partial charge is 0.370 e. The third-order valence-electron chi connectivity index (χ3n) is 4.05. The highest BCUT2D eigenvalue weighted by Gasteiger charge is 2.26. The summed E-state index contributed by atoms with van der Waals surface area (Å²) in [6.45, 7) is 10.4. The molecule has 0 aliphatic carbocycles. The Morgan fingerprint density at radius 1 is 1.21 bits per heavy atom. The summed E-state index contributed by atoms with van der Waals surface area (Å²) in [4.78, 5) is 2.55. The van der Waals surface area contributed by atoms with Crippen LogP contribution in [0, 0.1) is 11.8 Å². The average molecular weight is 260 g/mol. The van der Waals surface area contributed by atoms with Gasteiger partial charge in [-0.3, -0.25) is 0 Å². The molecule has 19 heavy (non-hydrogen) atoms. The Hall–Kier alpha value is -1.02. The predicted octanol–water partition coefficient (Wildman–Crippen LogP) is 3.54. The Morgan fingerprint density at radius 2 is 1.95 bits per heavy atom. The molecule has 2 unspecified atom stereocenters. The fourth-order valence-corrected chi connectivity index (χ4v) is 2.90. The van der Waals surface area contributed by atoms with Gasteiger partial charge in [0.15, 0.2) is 0 Å². The normalized spacial score (nSPS) is 23.9. The van der Waals surface area contributed by atoms with Gasteiger partial charge in [-0.05, 0) is 36.9 Å². The van der Waals surface area contributed by atoms with Crippen molar-refractivity contribution in [3.05, 3.63) is 30.3 Å². The van der Waals surface area contributed by atoms with Crippen LogP contribution < -0.4 is 10.2 Å². The van der Waals surface area contributed by atoms with Gasteiger partial charge in [-0.25, -0.2) is 0 Å². The van der Waals surface area contributed by atoms with E-state index < -0.39 is 0 Å². The van der Waals surface area contributed by atoms with E-state index in [2.05, 4.69) is 61.3 Å². The summed E-state index contributed by atoms with van der Waals surface area (Å²) in [5, 5.41) is 3.74. The van der Waals surface area contributed by atoms with Crippen LogP contribution >= 0.6 is 0 Å². The van der Waals surface area contributed by atoms with Gasteiger partial charge in [-0.1, -0.05) is 45.4 Å². The smallest absolute Gasteiger partial charge is 0.0366 e. The van der Waals surface area contributed by atoms with Crippen molar-refractivity contribution in [2.75, 3.05) is 24.5 Å². The molecule has 0 saturated carbocycles. The van der Waals surface area contributed by atoms with Gasteiger partial charge < -0.3 is 10.2 Å². The fraction of sp³-hybridized carbons (Fsp3) is 0.647. The molecule has 1 heterocycles. The maximum Gasteiger partial charge on any atom is 0.0366 e. The van der Waals surface area contributed by atoms with E-state index in [1.165, 1.54) is 25.1 Å². The standard InChI is InChI=1S/C17H28N2/c1-4-15-10-16(18-11-14(2)3)13-19(12-15)17-8-6-5-7-9-17/h5-9,14-16,18H,4,10-13H2,1-3H3. The average Bonchev–Trinajstić information content (AvgIpc) is 2.45. The zero-order valence-electron chi connectivity index (χ0n) is 12.6. The number of nitrogens with zero attached hydrogens (tertiary/aromatic N) is 1. The lowest BCUT2D eigenvalue weighted by Crippen LogP contribution is -2.50. The monoisotopic (exact) mass is 260 g/mol. The first-order chi connectivity index (χ1) is 9.19. The van der Waals surface area contributed by atoms with Crippen molar-refractivity contribution in [3.8, 4) is 0 Å². The van der Waals surface area contributed by atoms with E-state index in [1.54, 1.807) is 0 Å². The lowest BCUT2D eigenvalue weighted by Gasteiger charge is -2.39. The third kappa shape index (κ3) is 4.24. The summed E-state index contributed by atoms with van der Waals surface area (Å²) in [5.74, 6) is 1.55. The molecule has 0 radical (unpaired) electrons. The summed E-state index contributed by atoms with van der Waals surface area (Å²) in [5.41, 5.74) is 1.37. The van der Waals surface area contributed by atoms with Crippen LogP contribution in [0.4, 0.5) is 5.69 Å². The van der Waals surface area contributed by atoms with Crippen LogP contribution in [0.3, 0.4) is 0 Å². The molecular formula is C17H28N2. The highest BCUT2D eigenvalue weighted by molar-refractivity contribution is 5.46. The van der Waals surface area contributed by atoms with Gasteiger partial charge in [0.05, 0.1) is 0 Å². The second kappa shape index (κ2) is 6.95. The second-order valence-corrected chi connectivity index (χ2v) is 6.25. The maximum absolute atomic E-state index is 3.74. The predicted molar refractivity (Wildman–Crippen MR) is 83.7 cm³/mol. The Morgan fingerprint density at radius 3 is 2.58 bits per heavy atom. The minimum absolute atomic E-state index is 0.640. The molecule has 0 spiro atoms. The molecule has 0 aromatic heterocycles. The van der Waals surface area contributed by atoms with Crippen LogP contribution in [0.25, 0.3) is 0 Å². The molecule has 1 aromatic carbocycles. The first kappa shape index (κ1) is 14.4. The van der Waals surface area contributed by atoms with Crippen LogP contribution in [0.2, 0.25) is 0 Å². The van der Waals surface area contributed by atoms with E-state index >= 15 is 0 Å². The summed E-state index contributed by atoms with van der Waals surface area (Å²) < 4.78 is 0. The molecule has 1 fully saturated rings. The number of hydrogen-bond acceptors (Lipinski definition) is 2. The maximum atomic E-state index is 3.74.